The van der Waals surface area contributed by atoms with Gasteiger partial charge in [-0.2, -0.15) is 0 Å². The maximum absolute atomic E-state index is 13.8. The lowest BCUT2D eigenvalue weighted by molar-refractivity contribution is -0.143. The molecule has 5 rings (SSSR count). The molecule has 7 heteroatoms. The number of likely N-dealkylation sites (tertiary alicyclic amines) is 1. The maximum atomic E-state index is 13.8. The van der Waals surface area contributed by atoms with Crippen molar-refractivity contribution in [3.63, 3.8) is 0 Å². The molecular formula is C34H43NO6. The number of aliphatic hydroxyl groups is 3. The van der Waals surface area contributed by atoms with Gasteiger partial charge in [0.25, 0.3) is 0 Å². The van der Waals surface area contributed by atoms with E-state index in [0.717, 1.165) is 67.2 Å². The van der Waals surface area contributed by atoms with Crippen LogP contribution in [-0.2, 0) is 16.2 Å². The van der Waals surface area contributed by atoms with E-state index in [1.165, 1.54) is 4.90 Å². The number of hydrogen-bond donors (Lipinski definition) is 3. The average molecular weight is 562 g/mol. The third-order valence-electron chi connectivity index (χ3n) is 9.25. The topological polar surface area (TPSA) is 111 Å². The molecule has 3 aliphatic rings. The van der Waals surface area contributed by atoms with Crippen LogP contribution in [0.15, 0.2) is 58.0 Å². The normalized spacial score (nSPS) is 24.7. The van der Waals surface area contributed by atoms with Crippen LogP contribution in [0, 0.1) is 17.8 Å². The van der Waals surface area contributed by atoms with E-state index in [-0.39, 0.29) is 31.1 Å². The van der Waals surface area contributed by atoms with Crippen molar-refractivity contribution in [2.75, 3.05) is 6.61 Å². The third-order valence-corrected chi connectivity index (χ3v) is 9.25. The minimum Gasteiger partial charge on any atom is -0.459 e. The molecule has 7 nitrogen and oxygen atoms in total. The average Bonchev–Trinajstić information content (AvgIpc) is 3.56. The first kappa shape index (κ1) is 29.5. The molecule has 2 amide bonds. The Morgan fingerprint density at radius 3 is 2.46 bits per heavy atom. The molecule has 1 saturated heterocycles. The fourth-order valence-corrected chi connectivity index (χ4v) is 7.35. The molecule has 2 aliphatic carbocycles. The smallest absolute Gasteiger partial charge is 0.234 e. The van der Waals surface area contributed by atoms with Crippen molar-refractivity contribution < 1.29 is 29.3 Å². The number of hydrogen-bond acceptors (Lipinski definition) is 6. The Balaban J connectivity index is 1.41. The summed E-state index contributed by atoms with van der Waals surface area (Å²) in [5, 5.41) is 31.8. The highest BCUT2D eigenvalue weighted by atomic mass is 16.4. The first-order chi connectivity index (χ1) is 20.0. The van der Waals surface area contributed by atoms with Gasteiger partial charge >= 0.3 is 0 Å². The van der Waals surface area contributed by atoms with Gasteiger partial charge < -0.3 is 19.7 Å². The van der Waals surface area contributed by atoms with Crippen molar-refractivity contribution in [3.8, 4) is 0 Å². The number of nitrogens with zero attached hydrogens (tertiary/aromatic N) is 1. The largest absolute Gasteiger partial charge is 0.459 e. The zero-order valence-corrected chi connectivity index (χ0v) is 24.0. The van der Waals surface area contributed by atoms with Gasteiger partial charge in [-0.05, 0) is 73.4 Å². The summed E-state index contributed by atoms with van der Waals surface area (Å²) in [5.41, 5.74) is 3.77. The van der Waals surface area contributed by atoms with Crippen molar-refractivity contribution in [2.45, 2.75) is 89.9 Å². The van der Waals surface area contributed by atoms with E-state index in [1.54, 1.807) is 6.07 Å². The van der Waals surface area contributed by atoms with E-state index in [9.17, 15) is 24.9 Å². The Bertz CT molecular complexity index is 1270. The number of rotatable bonds is 11. The second-order valence-electron chi connectivity index (χ2n) is 11.8. The number of imide groups is 1. The Labute approximate surface area is 242 Å². The molecule has 2 heterocycles. The predicted octanol–water partition coefficient (Wildman–Crippen LogP) is 5.50. The highest BCUT2D eigenvalue weighted by molar-refractivity contribution is 6.06. The van der Waals surface area contributed by atoms with Gasteiger partial charge in [-0.3, -0.25) is 14.5 Å². The van der Waals surface area contributed by atoms with Crippen molar-refractivity contribution in [1.82, 2.24) is 4.90 Å². The molecule has 220 valence electrons. The first-order valence-electron chi connectivity index (χ1n) is 15.3. The monoisotopic (exact) mass is 561 g/mol. The van der Waals surface area contributed by atoms with Crippen molar-refractivity contribution in [1.29, 1.82) is 0 Å². The summed E-state index contributed by atoms with van der Waals surface area (Å²) in [6, 6.07) is 13.4. The first-order valence-corrected chi connectivity index (χ1v) is 15.3. The zero-order chi connectivity index (χ0) is 28.9. The number of carbonyl (C=O) groups excluding carboxylic acids is 2. The highest BCUT2D eigenvalue weighted by Crippen LogP contribution is 2.48. The summed E-state index contributed by atoms with van der Waals surface area (Å²) in [6.07, 6.45) is 9.00. The minimum atomic E-state index is -0.849. The third kappa shape index (κ3) is 6.13. The quantitative estimate of drug-likeness (QED) is 0.247. The Morgan fingerprint density at radius 2 is 1.80 bits per heavy atom. The van der Waals surface area contributed by atoms with Crippen molar-refractivity contribution in [3.05, 3.63) is 70.7 Å². The van der Waals surface area contributed by atoms with Crippen molar-refractivity contribution in [2.24, 2.45) is 17.8 Å². The molecule has 2 aromatic rings. The molecule has 0 spiro atoms. The van der Waals surface area contributed by atoms with Crippen LogP contribution in [0.3, 0.4) is 0 Å². The van der Waals surface area contributed by atoms with E-state index in [2.05, 4.69) is 6.92 Å². The van der Waals surface area contributed by atoms with E-state index in [4.69, 9.17) is 4.42 Å². The van der Waals surface area contributed by atoms with Gasteiger partial charge in [0.15, 0.2) is 0 Å². The highest BCUT2D eigenvalue weighted by Gasteiger charge is 2.56. The number of carbonyl (C=O) groups is 2. The number of furan rings is 1. The maximum Gasteiger partial charge on any atom is 0.234 e. The fourth-order valence-electron chi connectivity index (χ4n) is 7.35. The molecule has 1 aliphatic heterocycles. The SMILES string of the molecule is CCCC1=C([C@H](O)CC/C(=C/c2ccc(CO)o2)c2ccccc2)[C@H](CO)[C@@H]2C(=O)N(C3CCCCC3)C(=O)[C@@H]2C1. The van der Waals surface area contributed by atoms with Crippen LogP contribution in [-0.4, -0.2) is 50.8 Å². The number of aliphatic hydroxyl groups excluding tert-OH is 3. The Hall–Kier alpha value is -3.00. The van der Waals surface area contributed by atoms with Gasteiger partial charge in [0, 0.05) is 12.0 Å². The second kappa shape index (κ2) is 13.3. The fraction of sp³-hybridized carbons (Fsp3) is 0.529. The van der Waals surface area contributed by atoms with E-state index >= 15 is 0 Å². The Kier molecular flexibility index (Phi) is 9.58. The number of allylic oxidation sites excluding steroid dienone is 2. The predicted molar refractivity (Wildman–Crippen MR) is 157 cm³/mol. The second-order valence-corrected chi connectivity index (χ2v) is 11.8. The lowest BCUT2D eigenvalue weighted by Gasteiger charge is -2.36. The summed E-state index contributed by atoms with van der Waals surface area (Å²) >= 11 is 0. The molecule has 1 saturated carbocycles. The molecule has 1 aromatic heterocycles. The molecule has 0 unspecified atom stereocenters. The van der Waals surface area contributed by atoms with Gasteiger partial charge in [0.1, 0.15) is 18.1 Å². The molecule has 41 heavy (non-hydrogen) atoms. The summed E-state index contributed by atoms with van der Waals surface area (Å²) in [6.45, 7) is 1.63. The van der Waals surface area contributed by atoms with E-state index in [1.807, 2.05) is 42.5 Å². The van der Waals surface area contributed by atoms with Crippen LogP contribution in [0.1, 0.15) is 88.2 Å². The molecule has 4 atom stereocenters. The van der Waals surface area contributed by atoms with Crippen LogP contribution in [0.5, 0.6) is 0 Å². The van der Waals surface area contributed by atoms with Crippen LogP contribution >= 0.6 is 0 Å². The lowest BCUT2D eigenvalue weighted by Crippen LogP contribution is -2.42. The summed E-state index contributed by atoms with van der Waals surface area (Å²) in [5.74, 6) is -0.742. The molecule has 3 N–H and O–H groups in total. The zero-order valence-electron chi connectivity index (χ0n) is 24.0. The van der Waals surface area contributed by atoms with Crippen LogP contribution in [0.2, 0.25) is 0 Å². The number of amides is 2. The van der Waals surface area contributed by atoms with E-state index < -0.39 is 23.9 Å². The lowest BCUT2D eigenvalue weighted by atomic mass is 9.67. The van der Waals surface area contributed by atoms with Crippen LogP contribution < -0.4 is 0 Å². The molecule has 0 radical (unpaired) electrons. The molecular weight excluding hydrogens is 518 g/mol. The van der Waals surface area contributed by atoms with Crippen molar-refractivity contribution >= 4 is 23.5 Å². The molecule has 2 fully saturated rings. The van der Waals surface area contributed by atoms with Gasteiger partial charge in [0.05, 0.1) is 24.5 Å². The minimum absolute atomic E-state index is 0.0387. The van der Waals surface area contributed by atoms with Gasteiger partial charge in [-0.15, -0.1) is 0 Å². The Morgan fingerprint density at radius 1 is 1.05 bits per heavy atom. The number of benzene rings is 1. The summed E-state index contributed by atoms with van der Waals surface area (Å²) in [7, 11) is 0. The summed E-state index contributed by atoms with van der Waals surface area (Å²) in [4.78, 5) is 28.9. The number of fused-ring (bicyclic) bond motifs is 1. The molecule has 0 bridgehead atoms. The standard InChI is InChI=1S/C34H43NO6/c1-2-9-24-19-28-32(34(40)35(33(28)39)25-12-7-4-8-13-25)29(21-37)31(24)30(38)17-14-23(22-10-5-3-6-11-22)18-26-15-16-27(20-36)41-26/h3,5-6,10-11,15-16,18,25,28-30,32,36-38H,2,4,7-9,12-14,17,19-21H2,1H3/b23-18-/t28-,29+,30-,32-/m1/s1. The molecule has 1 aromatic carbocycles. The van der Waals surface area contributed by atoms with Gasteiger partial charge in [-0.1, -0.05) is 68.5 Å². The van der Waals surface area contributed by atoms with Gasteiger partial charge in [0.2, 0.25) is 11.8 Å². The van der Waals surface area contributed by atoms with Gasteiger partial charge in [-0.25, -0.2) is 0 Å². The van der Waals surface area contributed by atoms with E-state index in [0.29, 0.717) is 30.8 Å². The summed E-state index contributed by atoms with van der Waals surface area (Å²) < 4.78 is 5.72. The van der Waals surface area contributed by atoms with Crippen LogP contribution in [0.4, 0.5) is 0 Å². The van der Waals surface area contributed by atoms with Crippen LogP contribution in [0.25, 0.3) is 11.6 Å².